The van der Waals surface area contributed by atoms with E-state index in [9.17, 15) is 9.59 Å². The Morgan fingerprint density at radius 3 is 2.26 bits per heavy atom. The number of piperazine rings is 1. The first-order valence-corrected chi connectivity index (χ1v) is 10.3. The predicted molar refractivity (Wildman–Crippen MR) is 120 cm³/mol. The number of benzene rings is 2. The Hall–Kier alpha value is -3.58. The first-order valence-electron chi connectivity index (χ1n) is 10.3. The molecule has 2 aromatic carbocycles. The number of amides is 1. The van der Waals surface area contributed by atoms with E-state index in [1.54, 1.807) is 18.3 Å². The van der Waals surface area contributed by atoms with Gasteiger partial charge in [-0.25, -0.2) is 4.79 Å². The van der Waals surface area contributed by atoms with Crippen LogP contribution in [0.15, 0.2) is 72.9 Å². The molecule has 160 valence electrons. The number of carbonyl (C=O) groups excluding carboxylic acids is 2. The molecule has 0 saturated carbocycles. The summed E-state index contributed by atoms with van der Waals surface area (Å²) in [5.74, 6) is -0.400. The minimum absolute atomic E-state index is 0.166. The topological polar surface area (TPSA) is 77.7 Å². The van der Waals surface area contributed by atoms with Gasteiger partial charge in [0.1, 0.15) is 11.7 Å². The molecule has 1 fully saturated rings. The van der Waals surface area contributed by atoms with Crippen LogP contribution in [-0.4, -0.2) is 55.0 Å². The molecular formula is C24H26N4O3. The molecular weight excluding hydrogens is 392 g/mol. The number of hydrogen-bond donors (Lipinski definition) is 2. The van der Waals surface area contributed by atoms with Crippen molar-refractivity contribution in [2.45, 2.75) is 6.04 Å². The van der Waals surface area contributed by atoms with Gasteiger partial charge < -0.3 is 19.9 Å². The lowest BCUT2D eigenvalue weighted by atomic mass is 10.0. The molecule has 1 aliphatic heterocycles. The number of nitrogens with one attached hydrogen (secondary N) is 2. The van der Waals surface area contributed by atoms with Gasteiger partial charge in [-0.1, -0.05) is 30.3 Å². The minimum Gasteiger partial charge on any atom is -0.468 e. The third-order valence-corrected chi connectivity index (χ3v) is 5.55. The fourth-order valence-corrected chi connectivity index (χ4v) is 3.91. The number of nitrogens with zero attached hydrogens (tertiary/aromatic N) is 2. The van der Waals surface area contributed by atoms with Gasteiger partial charge in [0.2, 0.25) is 0 Å². The van der Waals surface area contributed by atoms with Gasteiger partial charge in [0, 0.05) is 43.8 Å². The highest BCUT2D eigenvalue weighted by Gasteiger charge is 2.31. The van der Waals surface area contributed by atoms with Crippen molar-refractivity contribution in [2.24, 2.45) is 0 Å². The van der Waals surface area contributed by atoms with E-state index in [1.165, 1.54) is 7.11 Å². The Morgan fingerprint density at radius 1 is 0.935 bits per heavy atom. The number of aromatic nitrogens is 1. The number of methoxy groups -OCH3 is 1. The average molecular weight is 418 g/mol. The molecule has 4 rings (SSSR count). The van der Waals surface area contributed by atoms with E-state index in [4.69, 9.17) is 4.74 Å². The van der Waals surface area contributed by atoms with E-state index in [-0.39, 0.29) is 17.9 Å². The van der Waals surface area contributed by atoms with Crippen LogP contribution >= 0.6 is 0 Å². The molecule has 1 atom stereocenters. The number of H-pyrrole nitrogens is 1. The van der Waals surface area contributed by atoms with Crippen LogP contribution in [0.3, 0.4) is 0 Å². The molecule has 0 bridgehead atoms. The van der Waals surface area contributed by atoms with Crippen molar-refractivity contribution in [3.8, 4) is 0 Å². The number of aromatic amines is 1. The molecule has 1 saturated heterocycles. The lowest BCUT2D eigenvalue weighted by Crippen LogP contribution is -2.49. The molecule has 0 aliphatic carbocycles. The predicted octanol–water partition coefficient (Wildman–Crippen LogP) is 3.30. The number of anilines is 2. The van der Waals surface area contributed by atoms with Crippen molar-refractivity contribution < 1.29 is 14.3 Å². The van der Waals surface area contributed by atoms with Crippen molar-refractivity contribution in [3.05, 3.63) is 84.2 Å². The Morgan fingerprint density at radius 2 is 1.65 bits per heavy atom. The van der Waals surface area contributed by atoms with Gasteiger partial charge >= 0.3 is 5.97 Å². The fourth-order valence-electron chi connectivity index (χ4n) is 3.91. The zero-order valence-corrected chi connectivity index (χ0v) is 17.5. The Kier molecular flexibility index (Phi) is 6.33. The van der Waals surface area contributed by atoms with Crippen molar-refractivity contribution in [3.63, 3.8) is 0 Å². The quantitative estimate of drug-likeness (QED) is 0.601. The molecule has 31 heavy (non-hydrogen) atoms. The summed E-state index contributed by atoms with van der Waals surface area (Å²) in [6.07, 6.45) is 1.72. The van der Waals surface area contributed by atoms with Crippen LogP contribution in [0.5, 0.6) is 0 Å². The van der Waals surface area contributed by atoms with Gasteiger partial charge in [0.15, 0.2) is 0 Å². The molecule has 7 heteroatoms. The van der Waals surface area contributed by atoms with E-state index >= 15 is 0 Å². The molecule has 1 unspecified atom stereocenters. The lowest BCUT2D eigenvalue weighted by Gasteiger charge is -2.39. The van der Waals surface area contributed by atoms with E-state index in [0.717, 1.165) is 43.1 Å². The molecule has 1 aliphatic rings. The first-order chi connectivity index (χ1) is 15.2. The summed E-state index contributed by atoms with van der Waals surface area (Å²) < 4.78 is 5.07. The Bertz CT molecular complexity index is 995. The van der Waals surface area contributed by atoms with Crippen LogP contribution < -0.4 is 10.2 Å². The summed E-state index contributed by atoms with van der Waals surface area (Å²) in [5, 5.41) is 2.89. The normalized spacial score (nSPS) is 15.3. The minimum atomic E-state index is -0.390. The largest absolute Gasteiger partial charge is 0.468 e. The SMILES string of the molecule is COC(=O)C(c1ccccc1)N1CCN(c2ccc(NC(=O)c3ccc[nH]3)cc2)CC1. The van der Waals surface area contributed by atoms with Gasteiger partial charge in [-0.3, -0.25) is 9.69 Å². The summed E-state index contributed by atoms with van der Waals surface area (Å²) in [7, 11) is 1.44. The maximum absolute atomic E-state index is 12.5. The van der Waals surface area contributed by atoms with Crippen LogP contribution in [0.25, 0.3) is 0 Å². The third kappa shape index (κ3) is 4.78. The molecule has 0 radical (unpaired) electrons. The van der Waals surface area contributed by atoms with E-state index in [1.807, 2.05) is 54.6 Å². The van der Waals surface area contributed by atoms with Crippen LogP contribution in [0, 0.1) is 0 Å². The maximum atomic E-state index is 12.5. The number of ether oxygens (including phenoxy) is 1. The van der Waals surface area contributed by atoms with E-state index < -0.39 is 0 Å². The standard InChI is InChI=1S/C24H26N4O3/c1-31-24(30)22(18-6-3-2-4-7-18)28-16-14-27(15-17-28)20-11-9-19(10-12-20)26-23(29)21-8-5-13-25-21/h2-13,22,25H,14-17H2,1H3,(H,26,29). The third-order valence-electron chi connectivity index (χ3n) is 5.55. The molecule has 3 aromatic rings. The molecule has 2 heterocycles. The summed E-state index contributed by atoms with van der Waals surface area (Å²) in [4.78, 5) is 32.0. The number of rotatable bonds is 6. The van der Waals surface area contributed by atoms with Crippen molar-refractivity contribution >= 4 is 23.3 Å². The summed E-state index contributed by atoms with van der Waals surface area (Å²) in [6, 6.07) is 20.7. The number of hydrogen-bond acceptors (Lipinski definition) is 5. The highest BCUT2D eigenvalue weighted by atomic mass is 16.5. The molecule has 1 aromatic heterocycles. The molecule has 7 nitrogen and oxygen atoms in total. The van der Waals surface area contributed by atoms with Crippen LogP contribution in [0.1, 0.15) is 22.1 Å². The summed E-state index contributed by atoms with van der Waals surface area (Å²) >= 11 is 0. The Balaban J connectivity index is 1.38. The highest BCUT2D eigenvalue weighted by molar-refractivity contribution is 6.02. The summed E-state index contributed by atoms with van der Waals surface area (Å²) in [6.45, 7) is 3.10. The van der Waals surface area contributed by atoms with Crippen LogP contribution in [-0.2, 0) is 9.53 Å². The number of carbonyl (C=O) groups is 2. The van der Waals surface area contributed by atoms with Crippen molar-refractivity contribution in [1.82, 2.24) is 9.88 Å². The second-order valence-corrected chi connectivity index (χ2v) is 7.44. The molecule has 1 amide bonds. The Labute approximate surface area is 181 Å². The fraction of sp³-hybridized carbons (Fsp3) is 0.250. The first kappa shape index (κ1) is 20.7. The monoisotopic (exact) mass is 418 g/mol. The van der Waals surface area contributed by atoms with Crippen LogP contribution in [0.4, 0.5) is 11.4 Å². The van der Waals surface area contributed by atoms with E-state index in [0.29, 0.717) is 5.69 Å². The smallest absolute Gasteiger partial charge is 0.327 e. The highest BCUT2D eigenvalue weighted by Crippen LogP contribution is 2.26. The maximum Gasteiger partial charge on any atom is 0.327 e. The average Bonchev–Trinajstić information content (AvgIpc) is 3.36. The van der Waals surface area contributed by atoms with Crippen molar-refractivity contribution in [1.29, 1.82) is 0 Å². The van der Waals surface area contributed by atoms with Gasteiger partial charge in [-0.05, 0) is 42.0 Å². The van der Waals surface area contributed by atoms with Crippen LogP contribution in [0.2, 0.25) is 0 Å². The molecule has 0 spiro atoms. The zero-order valence-electron chi connectivity index (χ0n) is 17.5. The summed E-state index contributed by atoms with van der Waals surface area (Å²) in [5.41, 5.74) is 3.31. The van der Waals surface area contributed by atoms with Gasteiger partial charge in [-0.2, -0.15) is 0 Å². The van der Waals surface area contributed by atoms with E-state index in [2.05, 4.69) is 20.1 Å². The lowest BCUT2D eigenvalue weighted by molar-refractivity contribution is -0.147. The van der Waals surface area contributed by atoms with Gasteiger partial charge in [0.25, 0.3) is 5.91 Å². The van der Waals surface area contributed by atoms with Gasteiger partial charge in [-0.15, -0.1) is 0 Å². The van der Waals surface area contributed by atoms with Crippen molar-refractivity contribution in [2.75, 3.05) is 43.5 Å². The second-order valence-electron chi connectivity index (χ2n) is 7.44. The zero-order chi connectivity index (χ0) is 21.6. The molecule has 2 N–H and O–H groups in total. The second kappa shape index (κ2) is 9.49. The number of esters is 1. The van der Waals surface area contributed by atoms with Gasteiger partial charge in [0.05, 0.1) is 7.11 Å².